The fourth-order valence-corrected chi connectivity index (χ4v) is 2.68. The van der Waals surface area contributed by atoms with Crippen LogP contribution in [0.15, 0.2) is 24.3 Å². The van der Waals surface area contributed by atoms with Crippen LogP contribution in [0.2, 0.25) is 5.02 Å². The van der Waals surface area contributed by atoms with Crippen molar-refractivity contribution in [3.05, 3.63) is 34.9 Å². The zero-order valence-electron chi connectivity index (χ0n) is 13.1. The van der Waals surface area contributed by atoms with Gasteiger partial charge in [0, 0.05) is 10.6 Å². The van der Waals surface area contributed by atoms with Crippen molar-refractivity contribution in [1.82, 2.24) is 15.5 Å². The first kappa shape index (κ1) is 17.7. The molecule has 2 N–H and O–H groups in total. The van der Waals surface area contributed by atoms with Crippen molar-refractivity contribution >= 4 is 35.5 Å². The van der Waals surface area contributed by atoms with Crippen LogP contribution >= 0.6 is 11.6 Å². The molecule has 1 fully saturated rings. The first-order valence-corrected chi connectivity index (χ1v) is 7.53. The molecule has 0 spiro atoms. The first-order chi connectivity index (χ1) is 11.3. The van der Waals surface area contributed by atoms with Gasteiger partial charge < -0.3 is 10.1 Å². The smallest absolute Gasteiger partial charge is 0.413 e. The molecule has 0 bridgehead atoms. The Kier molecular flexibility index (Phi) is 5.08. The van der Waals surface area contributed by atoms with Gasteiger partial charge in [0.15, 0.2) is 0 Å². The molecule has 0 unspecified atom stereocenters. The van der Waals surface area contributed by atoms with Crippen LogP contribution in [-0.2, 0) is 19.9 Å². The molecule has 24 heavy (non-hydrogen) atoms. The summed E-state index contributed by atoms with van der Waals surface area (Å²) >= 11 is 6.10. The highest BCUT2D eigenvalue weighted by molar-refractivity contribution is 6.32. The normalized spacial score (nSPS) is 19.9. The molecule has 1 aliphatic heterocycles. The highest BCUT2D eigenvalue weighted by atomic mass is 35.5. The topological polar surface area (TPSA) is 105 Å². The predicted molar refractivity (Wildman–Crippen MR) is 84.2 cm³/mol. The highest BCUT2D eigenvalue weighted by Crippen LogP contribution is 2.33. The molecule has 1 atom stereocenters. The van der Waals surface area contributed by atoms with Crippen LogP contribution in [0.4, 0.5) is 9.59 Å². The average molecular weight is 354 g/mol. The zero-order valence-corrected chi connectivity index (χ0v) is 13.8. The molecule has 2 rings (SSSR count). The van der Waals surface area contributed by atoms with Crippen LogP contribution in [-0.4, -0.2) is 42.0 Å². The summed E-state index contributed by atoms with van der Waals surface area (Å²) in [5, 5.41) is 4.77. The van der Waals surface area contributed by atoms with Gasteiger partial charge >= 0.3 is 12.1 Å². The lowest BCUT2D eigenvalue weighted by atomic mass is 9.92. The standard InChI is InChI=1S/C15H16ClN3O5/c1-3-24-14(23)17-11(20)8-19-12(21)15(2,18-13(19)22)9-6-4-5-7-10(9)16/h4-7H,3,8H2,1-2H3,(H,18,22)(H,17,20,23)/t15-/m1/s1. The second kappa shape index (κ2) is 6.88. The number of halogens is 1. The maximum Gasteiger partial charge on any atom is 0.413 e. The van der Waals surface area contributed by atoms with Crippen molar-refractivity contribution in [2.75, 3.05) is 13.2 Å². The molecule has 1 aromatic carbocycles. The van der Waals surface area contributed by atoms with Crippen molar-refractivity contribution < 1.29 is 23.9 Å². The van der Waals surface area contributed by atoms with Crippen LogP contribution in [0.3, 0.4) is 0 Å². The van der Waals surface area contributed by atoms with E-state index in [4.69, 9.17) is 11.6 Å². The number of nitrogens with one attached hydrogen (secondary N) is 2. The summed E-state index contributed by atoms with van der Waals surface area (Å²) in [5.41, 5.74) is -0.974. The first-order valence-electron chi connectivity index (χ1n) is 7.15. The van der Waals surface area contributed by atoms with Gasteiger partial charge in [0.1, 0.15) is 12.1 Å². The number of carbonyl (C=O) groups excluding carboxylic acids is 4. The maximum atomic E-state index is 12.6. The molecule has 5 amide bonds. The van der Waals surface area contributed by atoms with E-state index < -0.39 is 36.0 Å². The number of rotatable bonds is 4. The van der Waals surface area contributed by atoms with E-state index in [1.54, 1.807) is 31.2 Å². The number of nitrogens with zero attached hydrogens (tertiary/aromatic N) is 1. The molecule has 8 nitrogen and oxygen atoms in total. The Labute approximate surface area is 143 Å². The number of hydrogen-bond donors (Lipinski definition) is 2. The van der Waals surface area contributed by atoms with Crippen LogP contribution in [0.25, 0.3) is 0 Å². The van der Waals surface area contributed by atoms with E-state index in [9.17, 15) is 19.2 Å². The molecular weight excluding hydrogens is 338 g/mol. The second-order valence-electron chi connectivity index (χ2n) is 5.19. The van der Waals surface area contributed by atoms with Gasteiger partial charge in [0.25, 0.3) is 5.91 Å². The molecular formula is C15H16ClN3O5. The number of alkyl carbamates (subject to hydrolysis) is 1. The summed E-state index contributed by atoms with van der Waals surface area (Å²) in [4.78, 5) is 48.4. The van der Waals surface area contributed by atoms with Crippen molar-refractivity contribution in [3.8, 4) is 0 Å². The maximum absolute atomic E-state index is 12.6. The molecule has 1 aromatic rings. The molecule has 0 aromatic heterocycles. The van der Waals surface area contributed by atoms with Crippen molar-refractivity contribution in [2.24, 2.45) is 0 Å². The molecule has 0 aliphatic carbocycles. The second-order valence-corrected chi connectivity index (χ2v) is 5.60. The quantitative estimate of drug-likeness (QED) is 0.796. The minimum absolute atomic E-state index is 0.0901. The number of ether oxygens (including phenoxy) is 1. The molecule has 128 valence electrons. The SMILES string of the molecule is CCOC(=O)NC(=O)CN1C(=O)N[C@](C)(c2ccccc2Cl)C1=O. The van der Waals surface area contributed by atoms with Gasteiger partial charge in [0.05, 0.1) is 6.61 Å². The van der Waals surface area contributed by atoms with E-state index in [0.29, 0.717) is 10.6 Å². The zero-order chi connectivity index (χ0) is 17.9. The summed E-state index contributed by atoms with van der Waals surface area (Å²) in [5.74, 6) is -1.47. The monoisotopic (exact) mass is 353 g/mol. The Morgan fingerprint density at radius 1 is 1.33 bits per heavy atom. The van der Waals surface area contributed by atoms with E-state index in [1.807, 2.05) is 5.32 Å². The van der Waals surface area contributed by atoms with Crippen LogP contribution < -0.4 is 10.6 Å². The van der Waals surface area contributed by atoms with Gasteiger partial charge in [-0.05, 0) is 19.9 Å². The Bertz CT molecular complexity index is 708. The third kappa shape index (κ3) is 3.33. The fourth-order valence-electron chi connectivity index (χ4n) is 2.35. The van der Waals surface area contributed by atoms with Crippen LogP contribution in [0.5, 0.6) is 0 Å². The fraction of sp³-hybridized carbons (Fsp3) is 0.333. The lowest BCUT2D eigenvalue weighted by molar-refractivity contribution is -0.134. The Hall–Kier alpha value is -2.61. The minimum atomic E-state index is -1.39. The van der Waals surface area contributed by atoms with Gasteiger partial charge in [-0.2, -0.15) is 0 Å². The summed E-state index contributed by atoms with van der Waals surface area (Å²) in [6.07, 6.45) is -0.941. The third-order valence-corrected chi connectivity index (χ3v) is 3.84. The summed E-state index contributed by atoms with van der Waals surface area (Å²) < 4.78 is 4.56. The Balaban J connectivity index is 2.16. The van der Waals surface area contributed by atoms with E-state index in [0.717, 1.165) is 4.90 Å². The highest BCUT2D eigenvalue weighted by Gasteiger charge is 2.50. The van der Waals surface area contributed by atoms with Gasteiger partial charge in [-0.3, -0.25) is 19.8 Å². The largest absolute Gasteiger partial charge is 0.450 e. The average Bonchev–Trinajstić information content (AvgIpc) is 2.72. The molecule has 0 saturated carbocycles. The molecule has 1 heterocycles. The van der Waals surface area contributed by atoms with Crippen molar-refractivity contribution in [1.29, 1.82) is 0 Å². The van der Waals surface area contributed by atoms with Crippen LogP contribution in [0, 0.1) is 0 Å². The number of hydrogen-bond acceptors (Lipinski definition) is 5. The van der Waals surface area contributed by atoms with Crippen molar-refractivity contribution in [2.45, 2.75) is 19.4 Å². The van der Waals surface area contributed by atoms with Gasteiger partial charge in [-0.1, -0.05) is 29.8 Å². The molecule has 9 heteroatoms. The number of imide groups is 2. The number of urea groups is 1. The minimum Gasteiger partial charge on any atom is -0.450 e. The Morgan fingerprint density at radius 2 is 2.00 bits per heavy atom. The van der Waals surface area contributed by atoms with Crippen LogP contribution in [0.1, 0.15) is 19.4 Å². The number of carbonyl (C=O) groups is 4. The number of amides is 5. The van der Waals surface area contributed by atoms with Gasteiger partial charge in [-0.15, -0.1) is 0 Å². The van der Waals surface area contributed by atoms with E-state index in [-0.39, 0.29) is 6.61 Å². The van der Waals surface area contributed by atoms with Gasteiger partial charge in [0.2, 0.25) is 5.91 Å². The third-order valence-electron chi connectivity index (χ3n) is 3.51. The molecule has 1 aliphatic rings. The summed E-state index contributed by atoms with van der Waals surface area (Å²) in [6, 6.07) is 5.84. The van der Waals surface area contributed by atoms with Gasteiger partial charge in [-0.25, -0.2) is 9.59 Å². The van der Waals surface area contributed by atoms with Crippen molar-refractivity contribution in [3.63, 3.8) is 0 Å². The molecule has 1 saturated heterocycles. The summed E-state index contributed by atoms with van der Waals surface area (Å²) in [7, 11) is 0. The lowest BCUT2D eigenvalue weighted by Gasteiger charge is -2.23. The lowest BCUT2D eigenvalue weighted by Crippen LogP contribution is -2.44. The number of benzene rings is 1. The van der Waals surface area contributed by atoms with E-state index in [2.05, 4.69) is 10.1 Å². The van der Waals surface area contributed by atoms with E-state index in [1.165, 1.54) is 6.92 Å². The van der Waals surface area contributed by atoms with E-state index >= 15 is 0 Å². The predicted octanol–water partition coefficient (Wildman–Crippen LogP) is 1.38. The molecule has 0 radical (unpaired) electrons. The Morgan fingerprint density at radius 3 is 2.62 bits per heavy atom. The summed E-state index contributed by atoms with van der Waals surface area (Å²) in [6.45, 7) is 2.56.